The lowest BCUT2D eigenvalue weighted by Gasteiger charge is -1.95. The molecular weight excluding hydrogens is 154 g/mol. The lowest BCUT2D eigenvalue weighted by Crippen LogP contribution is -2.14. The molecule has 1 heterocycles. The third kappa shape index (κ3) is 0.852. The first-order chi connectivity index (χ1) is 5.66. The lowest BCUT2D eigenvalue weighted by atomic mass is 10.2. The van der Waals surface area contributed by atoms with Gasteiger partial charge >= 0.3 is 6.03 Å². The van der Waals surface area contributed by atoms with E-state index in [1.165, 1.54) is 0 Å². The fourth-order valence-electron chi connectivity index (χ4n) is 1.18. The van der Waals surface area contributed by atoms with E-state index in [-0.39, 0.29) is 6.03 Å². The van der Waals surface area contributed by atoms with Crippen molar-refractivity contribution in [1.29, 1.82) is 0 Å². The van der Waals surface area contributed by atoms with Gasteiger partial charge in [-0.15, -0.1) is 0 Å². The summed E-state index contributed by atoms with van der Waals surface area (Å²) < 4.78 is 0. The number of nitrogens with two attached hydrogens (primary N) is 1. The standard InChI is InChI=1S/C8H7N3O/c1-4-2-5(9)7-6(3-4)10-8(12)11-7/h2-3H,1,9H2,(H,10,12). The molecule has 1 aromatic carbocycles. The van der Waals surface area contributed by atoms with Crippen LogP contribution in [-0.4, -0.2) is 6.03 Å². The van der Waals surface area contributed by atoms with Crippen molar-refractivity contribution < 1.29 is 4.79 Å². The maximum atomic E-state index is 10.8. The zero-order valence-corrected chi connectivity index (χ0v) is 6.29. The molecular formula is C8H7N3O. The zero-order valence-electron chi connectivity index (χ0n) is 6.29. The minimum Gasteiger partial charge on any atom is -0.397 e. The van der Waals surface area contributed by atoms with Gasteiger partial charge in [-0.3, -0.25) is 0 Å². The normalized spacial score (nSPS) is 13.5. The SMILES string of the molecule is C=c1cc(N)c2c(c1)NC(=O)N=2. The average Bonchev–Trinajstić information content (AvgIpc) is 2.29. The van der Waals surface area contributed by atoms with Crippen LogP contribution in [0.25, 0.3) is 6.58 Å². The summed E-state index contributed by atoms with van der Waals surface area (Å²) in [5.74, 6) is 0. The highest BCUT2D eigenvalue weighted by Crippen LogP contribution is 2.05. The van der Waals surface area contributed by atoms with Crippen LogP contribution in [0, 0.1) is 0 Å². The molecule has 1 aliphatic heterocycles. The summed E-state index contributed by atoms with van der Waals surface area (Å²) in [5, 5.41) is 3.84. The van der Waals surface area contributed by atoms with Crippen molar-refractivity contribution in [3.8, 4) is 0 Å². The van der Waals surface area contributed by atoms with Gasteiger partial charge in [0.15, 0.2) is 0 Å². The van der Waals surface area contributed by atoms with E-state index in [1.54, 1.807) is 12.1 Å². The number of amides is 2. The Morgan fingerprint density at radius 2 is 2.25 bits per heavy atom. The second-order valence-corrected chi connectivity index (χ2v) is 2.62. The highest BCUT2D eigenvalue weighted by Gasteiger charge is 2.12. The van der Waals surface area contributed by atoms with Crippen LogP contribution in [0.1, 0.15) is 0 Å². The topological polar surface area (TPSA) is 67.5 Å². The molecule has 0 bridgehead atoms. The number of carbonyl (C=O) groups is 1. The summed E-state index contributed by atoms with van der Waals surface area (Å²) in [6.45, 7) is 3.71. The quantitative estimate of drug-likeness (QED) is 0.519. The molecule has 0 radical (unpaired) electrons. The Bertz CT molecular complexity index is 464. The molecule has 3 N–H and O–H groups in total. The summed E-state index contributed by atoms with van der Waals surface area (Å²) >= 11 is 0. The summed E-state index contributed by atoms with van der Waals surface area (Å²) in [4.78, 5) is 14.5. The van der Waals surface area contributed by atoms with E-state index >= 15 is 0 Å². The summed E-state index contributed by atoms with van der Waals surface area (Å²) in [6, 6.07) is 3.05. The van der Waals surface area contributed by atoms with Crippen molar-refractivity contribution in [3.05, 3.63) is 22.7 Å². The van der Waals surface area contributed by atoms with Crippen molar-refractivity contribution in [2.24, 2.45) is 4.99 Å². The number of anilines is 2. The number of rotatable bonds is 0. The number of nitrogens with zero attached hydrogens (tertiary/aromatic N) is 1. The number of fused-ring (bicyclic) bond motifs is 1. The van der Waals surface area contributed by atoms with Crippen LogP contribution in [0.2, 0.25) is 0 Å². The number of hydrogen-bond donors (Lipinski definition) is 2. The molecule has 0 atom stereocenters. The van der Waals surface area contributed by atoms with Crippen LogP contribution in [0.15, 0.2) is 17.1 Å². The Labute approximate surface area is 68.4 Å². The Hall–Kier alpha value is -1.84. The van der Waals surface area contributed by atoms with Gasteiger partial charge in [0.25, 0.3) is 0 Å². The molecule has 2 amide bonds. The molecule has 60 valence electrons. The second-order valence-electron chi connectivity index (χ2n) is 2.62. The number of benzene rings is 1. The summed E-state index contributed by atoms with van der Waals surface area (Å²) in [6.07, 6.45) is 0. The average molecular weight is 161 g/mol. The molecule has 0 aromatic heterocycles. The van der Waals surface area contributed by atoms with Crippen LogP contribution in [0.3, 0.4) is 0 Å². The second kappa shape index (κ2) is 2.07. The molecule has 0 unspecified atom stereocenters. The summed E-state index contributed by atoms with van der Waals surface area (Å²) in [5.41, 5.74) is 6.73. The molecule has 1 aliphatic rings. The predicted octanol–water partition coefficient (Wildman–Crippen LogP) is -0.156. The predicted molar refractivity (Wildman–Crippen MR) is 46.2 cm³/mol. The van der Waals surface area contributed by atoms with Gasteiger partial charge in [0.1, 0.15) is 5.36 Å². The zero-order chi connectivity index (χ0) is 8.72. The molecule has 4 heteroatoms. The fraction of sp³-hybridized carbons (Fsp3) is 0. The van der Waals surface area contributed by atoms with Crippen LogP contribution in [0.5, 0.6) is 0 Å². The number of nitrogen functional groups attached to an aromatic ring is 1. The van der Waals surface area contributed by atoms with Crippen LogP contribution in [-0.2, 0) is 0 Å². The maximum absolute atomic E-state index is 10.8. The Balaban J connectivity index is 2.85. The fourth-order valence-corrected chi connectivity index (χ4v) is 1.18. The molecule has 0 saturated heterocycles. The van der Waals surface area contributed by atoms with Gasteiger partial charge in [0.05, 0.1) is 11.4 Å². The molecule has 2 rings (SSSR count). The molecule has 0 saturated carbocycles. The Morgan fingerprint density at radius 3 is 3.00 bits per heavy atom. The van der Waals surface area contributed by atoms with Gasteiger partial charge < -0.3 is 11.1 Å². The summed E-state index contributed by atoms with van der Waals surface area (Å²) in [7, 11) is 0. The van der Waals surface area contributed by atoms with Crippen molar-refractivity contribution in [2.45, 2.75) is 0 Å². The number of hydrogen-bond acceptors (Lipinski definition) is 2. The third-order valence-electron chi connectivity index (χ3n) is 1.65. The minimum atomic E-state index is -0.373. The smallest absolute Gasteiger partial charge is 0.346 e. The van der Waals surface area contributed by atoms with Gasteiger partial charge in [-0.05, 0) is 17.4 Å². The third-order valence-corrected chi connectivity index (χ3v) is 1.65. The first kappa shape index (κ1) is 6.84. The largest absolute Gasteiger partial charge is 0.397 e. The first-order valence-electron chi connectivity index (χ1n) is 3.45. The van der Waals surface area contributed by atoms with Crippen LogP contribution in [0.4, 0.5) is 16.2 Å². The molecule has 12 heavy (non-hydrogen) atoms. The van der Waals surface area contributed by atoms with Crippen molar-refractivity contribution >= 4 is 24.0 Å². The molecule has 0 fully saturated rings. The number of urea groups is 1. The molecule has 0 aliphatic carbocycles. The highest BCUT2D eigenvalue weighted by molar-refractivity contribution is 5.94. The van der Waals surface area contributed by atoms with E-state index in [1.807, 2.05) is 0 Å². The van der Waals surface area contributed by atoms with Crippen molar-refractivity contribution in [1.82, 2.24) is 0 Å². The van der Waals surface area contributed by atoms with Gasteiger partial charge in [0.2, 0.25) is 0 Å². The monoisotopic (exact) mass is 161 g/mol. The molecule has 4 nitrogen and oxygen atoms in total. The van der Waals surface area contributed by atoms with Gasteiger partial charge in [-0.2, -0.15) is 4.99 Å². The van der Waals surface area contributed by atoms with E-state index in [4.69, 9.17) is 5.73 Å². The van der Waals surface area contributed by atoms with Gasteiger partial charge in [-0.25, -0.2) is 4.79 Å². The van der Waals surface area contributed by atoms with Gasteiger partial charge in [-0.1, -0.05) is 6.58 Å². The van der Waals surface area contributed by atoms with E-state index < -0.39 is 0 Å². The maximum Gasteiger partial charge on any atom is 0.346 e. The van der Waals surface area contributed by atoms with E-state index in [9.17, 15) is 4.79 Å². The lowest BCUT2D eigenvalue weighted by molar-refractivity contribution is 0.260. The first-order valence-corrected chi connectivity index (χ1v) is 3.45. The van der Waals surface area contributed by atoms with E-state index in [0.29, 0.717) is 16.7 Å². The van der Waals surface area contributed by atoms with Crippen molar-refractivity contribution in [3.63, 3.8) is 0 Å². The number of carbonyl (C=O) groups excluding carboxylic acids is 1. The number of nitrogens with one attached hydrogen (secondary N) is 1. The molecule has 0 spiro atoms. The molecule has 1 aromatic rings. The Morgan fingerprint density at radius 1 is 1.50 bits per heavy atom. The van der Waals surface area contributed by atoms with E-state index in [2.05, 4.69) is 16.9 Å². The minimum absolute atomic E-state index is 0.373. The highest BCUT2D eigenvalue weighted by atomic mass is 16.2. The van der Waals surface area contributed by atoms with E-state index in [0.717, 1.165) is 5.22 Å². The van der Waals surface area contributed by atoms with Crippen LogP contribution >= 0.6 is 0 Å². The van der Waals surface area contributed by atoms with Crippen molar-refractivity contribution in [2.75, 3.05) is 11.1 Å². The Kier molecular flexibility index (Phi) is 1.18. The van der Waals surface area contributed by atoms with Gasteiger partial charge in [0, 0.05) is 0 Å². The van der Waals surface area contributed by atoms with Crippen LogP contribution < -0.4 is 21.6 Å².